The van der Waals surface area contributed by atoms with Gasteiger partial charge >= 0.3 is 5.97 Å². The average Bonchev–Trinajstić information content (AvgIpc) is 3.26. The van der Waals surface area contributed by atoms with Gasteiger partial charge in [-0.15, -0.1) is 0 Å². The molecule has 0 unspecified atom stereocenters. The van der Waals surface area contributed by atoms with Gasteiger partial charge in [0, 0.05) is 11.8 Å². The highest BCUT2D eigenvalue weighted by Crippen LogP contribution is 2.17. The maximum absolute atomic E-state index is 13.6. The van der Waals surface area contributed by atoms with Crippen molar-refractivity contribution in [3.63, 3.8) is 0 Å². The van der Waals surface area contributed by atoms with E-state index in [1.54, 1.807) is 6.07 Å². The van der Waals surface area contributed by atoms with Crippen LogP contribution in [0.5, 0.6) is 0 Å². The summed E-state index contributed by atoms with van der Waals surface area (Å²) in [5, 5.41) is 4.76. The Labute approximate surface area is 169 Å². The van der Waals surface area contributed by atoms with E-state index in [0.717, 1.165) is 18.2 Å². The first-order valence-electron chi connectivity index (χ1n) is 8.75. The Morgan fingerprint density at radius 3 is 2.40 bits per heavy atom. The summed E-state index contributed by atoms with van der Waals surface area (Å²) in [6.45, 7) is 1.29. The van der Waals surface area contributed by atoms with Crippen LogP contribution in [-0.2, 0) is 9.53 Å². The fourth-order valence-corrected chi connectivity index (χ4v) is 2.40. The number of anilines is 2. The molecule has 3 rings (SSSR count). The number of hydrogen-bond acceptors (Lipinski definition) is 5. The zero-order chi connectivity index (χ0) is 21.7. The number of benzene rings is 2. The lowest BCUT2D eigenvalue weighted by Crippen LogP contribution is -2.30. The summed E-state index contributed by atoms with van der Waals surface area (Å²) in [6.07, 6.45) is 0.104. The van der Waals surface area contributed by atoms with Crippen LogP contribution < -0.4 is 10.6 Å². The van der Waals surface area contributed by atoms with Gasteiger partial charge < -0.3 is 19.8 Å². The van der Waals surface area contributed by atoms with Crippen molar-refractivity contribution in [2.75, 3.05) is 10.6 Å². The van der Waals surface area contributed by atoms with E-state index in [-0.39, 0.29) is 17.0 Å². The molecular formula is C21H16F2N2O5. The monoisotopic (exact) mass is 414 g/mol. The first kappa shape index (κ1) is 20.7. The van der Waals surface area contributed by atoms with Gasteiger partial charge in [0.05, 0.1) is 17.5 Å². The second kappa shape index (κ2) is 8.99. The standard InChI is InChI=1S/C21H16F2N2O5/c1-12(19(26)25-17-11-14(22)6-9-16(17)23)30-21(28)13-4-7-15(8-5-13)24-20(27)18-3-2-10-29-18/h2-12H,1H3,(H,24,27)(H,25,26)/t12-/m1/s1. The fourth-order valence-electron chi connectivity index (χ4n) is 2.40. The maximum atomic E-state index is 13.6. The summed E-state index contributed by atoms with van der Waals surface area (Å²) in [5.41, 5.74) is 0.183. The van der Waals surface area contributed by atoms with E-state index in [0.29, 0.717) is 5.69 Å². The van der Waals surface area contributed by atoms with Gasteiger partial charge in [-0.1, -0.05) is 0 Å². The van der Waals surface area contributed by atoms with Crippen molar-refractivity contribution in [3.05, 3.63) is 83.8 Å². The Balaban J connectivity index is 1.57. The van der Waals surface area contributed by atoms with Crippen molar-refractivity contribution in [1.82, 2.24) is 0 Å². The summed E-state index contributed by atoms with van der Waals surface area (Å²) in [6, 6.07) is 11.4. The van der Waals surface area contributed by atoms with Gasteiger partial charge in [-0.3, -0.25) is 9.59 Å². The molecule has 2 amide bonds. The molecule has 0 radical (unpaired) electrons. The molecule has 0 spiro atoms. The van der Waals surface area contributed by atoms with Crippen molar-refractivity contribution in [1.29, 1.82) is 0 Å². The van der Waals surface area contributed by atoms with E-state index in [1.807, 2.05) is 0 Å². The minimum Gasteiger partial charge on any atom is -0.459 e. The number of amides is 2. The van der Waals surface area contributed by atoms with Crippen LogP contribution in [0.4, 0.5) is 20.2 Å². The molecular weight excluding hydrogens is 398 g/mol. The zero-order valence-corrected chi connectivity index (χ0v) is 15.6. The van der Waals surface area contributed by atoms with E-state index in [1.165, 1.54) is 43.5 Å². The van der Waals surface area contributed by atoms with Crippen molar-refractivity contribution in [3.8, 4) is 0 Å². The van der Waals surface area contributed by atoms with Crippen LogP contribution in [0, 0.1) is 11.6 Å². The molecule has 9 heteroatoms. The van der Waals surface area contributed by atoms with Gasteiger partial charge in [-0.05, 0) is 55.5 Å². The maximum Gasteiger partial charge on any atom is 0.338 e. The van der Waals surface area contributed by atoms with Gasteiger partial charge in [-0.2, -0.15) is 0 Å². The zero-order valence-electron chi connectivity index (χ0n) is 15.6. The smallest absolute Gasteiger partial charge is 0.338 e. The topological polar surface area (TPSA) is 97.6 Å². The number of hydrogen-bond donors (Lipinski definition) is 2. The summed E-state index contributed by atoms with van der Waals surface area (Å²) < 4.78 is 36.8. The first-order valence-corrected chi connectivity index (χ1v) is 8.75. The van der Waals surface area contributed by atoms with Crippen molar-refractivity contribution < 1.29 is 32.3 Å². The molecule has 0 saturated heterocycles. The Bertz CT molecular complexity index is 1070. The highest BCUT2D eigenvalue weighted by Gasteiger charge is 2.20. The average molecular weight is 414 g/mol. The second-order valence-corrected chi connectivity index (χ2v) is 6.17. The number of ether oxygens (including phenoxy) is 1. The lowest BCUT2D eigenvalue weighted by molar-refractivity contribution is -0.123. The highest BCUT2D eigenvalue weighted by atomic mass is 19.1. The normalized spacial score (nSPS) is 11.4. The number of furan rings is 1. The molecule has 0 aliphatic rings. The van der Waals surface area contributed by atoms with Crippen molar-refractivity contribution in [2.24, 2.45) is 0 Å². The molecule has 0 bridgehead atoms. The molecule has 7 nitrogen and oxygen atoms in total. The largest absolute Gasteiger partial charge is 0.459 e. The third kappa shape index (κ3) is 5.07. The molecule has 2 N–H and O–H groups in total. The molecule has 1 atom stereocenters. The molecule has 3 aromatic rings. The third-order valence-electron chi connectivity index (χ3n) is 3.96. The Hall–Kier alpha value is -4.01. The lowest BCUT2D eigenvalue weighted by Gasteiger charge is -2.14. The molecule has 0 fully saturated rings. The summed E-state index contributed by atoms with van der Waals surface area (Å²) >= 11 is 0. The molecule has 0 aliphatic carbocycles. The first-order chi connectivity index (χ1) is 14.3. The van der Waals surface area contributed by atoms with Gasteiger partial charge in [0.15, 0.2) is 11.9 Å². The van der Waals surface area contributed by atoms with Crippen molar-refractivity contribution >= 4 is 29.2 Å². The van der Waals surface area contributed by atoms with E-state index in [4.69, 9.17) is 9.15 Å². The van der Waals surface area contributed by atoms with Crippen LogP contribution in [0.1, 0.15) is 27.8 Å². The number of nitrogens with one attached hydrogen (secondary N) is 2. The number of halogens is 2. The number of carbonyl (C=O) groups excluding carboxylic acids is 3. The van der Waals surface area contributed by atoms with Crippen LogP contribution in [-0.4, -0.2) is 23.9 Å². The number of carbonyl (C=O) groups is 3. The number of esters is 1. The summed E-state index contributed by atoms with van der Waals surface area (Å²) in [4.78, 5) is 36.2. The SMILES string of the molecule is C[C@@H](OC(=O)c1ccc(NC(=O)c2ccco2)cc1)C(=O)Nc1cc(F)ccc1F. The van der Waals surface area contributed by atoms with Crippen molar-refractivity contribution in [2.45, 2.75) is 13.0 Å². The van der Waals surface area contributed by atoms with Gasteiger partial charge in [0.1, 0.15) is 11.6 Å². The van der Waals surface area contributed by atoms with Crippen LogP contribution in [0.2, 0.25) is 0 Å². The van der Waals surface area contributed by atoms with E-state index in [9.17, 15) is 23.2 Å². The summed E-state index contributed by atoms with van der Waals surface area (Å²) in [5.74, 6) is -3.50. The molecule has 2 aromatic carbocycles. The quantitative estimate of drug-likeness (QED) is 0.595. The van der Waals surface area contributed by atoms with Crippen LogP contribution in [0.15, 0.2) is 65.3 Å². The summed E-state index contributed by atoms with van der Waals surface area (Å²) in [7, 11) is 0. The van der Waals surface area contributed by atoms with Gasteiger partial charge in [0.2, 0.25) is 0 Å². The van der Waals surface area contributed by atoms with E-state index in [2.05, 4.69) is 10.6 Å². The van der Waals surface area contributed by atoms with E-state index >= 15 is 0 Å². The Morgan fingerprint density at radius 1 is 1.00 bits per heavy atom. The van der Waals surface area contributed by atoms with Gasteiger partial charge in [0.25, 0.3) is 11.8 Å². The van der Waals surface area contributed by atoms with Gasteiger partial charge in [-0.25, -0.2) is 13.6 Å². The molecule has 1 heterocycles. The lowest BCUT2D eigenvalue weighted by atomic mass is 10.2. The molecule has 30 heavy (non-hydrogen) atoms. The minimum atomic E-state index is -1.27. The molecule has 0 aliphatic heterocycles. The predicted octanol–water partition coefficient (Wildman–Crippen LogP) is 3.99. The fraction of sp³-hybridized carbons (Fsp3) is 0.0952. The van der Waals surface area contributed by atoms with Crippen LogP contribution in [0.3, 0.4) is 0 Å². The second-order valence-electron chi connectivity index (χ2n) is 6.17. The van der Waals surface area contributed by atoms with Crippen LogP contribution in [0.25, 0.3) is 0 Å². The minimum absolute atomic E-state index is 0.127. The third-order valence-corrected chi connectivity index (χ3v) is 3.96. The van der Waals surface area contributed by atoms with E-state index < -0.39 is 35.5 Å². The van der Waals surface area contributed by atoms with Crippen LogP contribution >= 0.6 is 0 Å². The Morgan fingerprint density at radius 2 is 1.73 bits per heavy atom. The predicted molar refractivity (Wildman–Crippen MR) is 103 cm³/mol. The Kier molecular flexibility index (Phi) is 6.21. The molecule has 0 saturated carbocycles. The number of rotatable bonds is 6. The molecule has 1 aromatic heterocycles. The molecule has 154 valence electrons. The highest BCUT2D eigenvalue weighted by molar-refractivity contribution is 6.02.